The van der Waals surface area contributed by atoms with Crippen LogP contribution in [0.15, 0.2) is 47.9 Å². The van der Waals surface area contributed by atoms with Crippen molar-refractivity contribution in [2.75, 3.05) is 26.2 Å². The van der Waals surface area contributed by atoms with Crippen molar-refractivity contribution in [1.29, 1.82) is 5.26 Å². The molecule has 3 aliphatic rings. The normalized spacial score (nSPS) is 23.4. The molecule has 2 atom stereocenters. The van der Waals surface area contributed by atoms with E-state index in [0.29, 0.717) is 17.4 Å². The Bertz CT molecular complexity index is 1090. The molecule has 32 heavy (non-hydrogen) atoms. The van der Waals surface area contributed by atoms with E-state index in [1.807, 2.05) is 32.2 Å². The first-order valence-electron chi connectivity index (χ1n) is 11.7. The van der Waals surface area contributed by atoms with Gasteiger partial charge < -0.3 is 10.1 Å². The third-order valence-corrected chi connectivity index (χ3v) is 7.77. The van der Waals surface area contributed by atoms with E-state index in [4.69, 9.17) is 9.72 Å². The van der Waals surface area contributed by atoms with Gasteiger partial charge in [0.05, 0.1) is 16.6 Å². The number of nitrogens with zero attached hydrogens (tertiary/aromatic N) is 3. The number of nitriles is 1. The zero-order chi connectivity index (χ0) is 22.1. The first-order valence-corrected chi connectivity index (χ1v) is 12.5. The molecule has 5 rings (SSSR count). The number of fused-ring (bicyclic) bond motifs is 1. The zero-order valence-corrected chi connectivity index (χ0v) is 19.6. The van der Waals surface area contributed by atoms with E-state index >= 15 is 0 Å². The summed E-state index contributed by atoms with van der Waals surface area (Å²) in [7, 11) is 0. The Kier molecular flexibility index (Phi) is 6.14. The van der Waals surface area contributed by atoms with Gasteiger partial charge in [-0.2, -0.15) is 5.26 Å². The Morgan fingerprint density at radius 2 is 2.12 bits per heavy atom. The number of rotatable bonds is 5. The average Bonchev–Trinajstić information content (AvgIpc) is 3.47. The summed E-state index contributed by atoms with van der Waals surface area (Å²) in [5, 5.41) is 14.1. The summed E-state index contributed by atoms with van der Waals surface area (Å²) in [6.07, 6.45) is 9.31. The van der Waals surface area contributed by atoms with Gasteiger partial charge in [-0.25, -0.2) is 4.98 Å². The van der Waals surface area contributed by atoms with Gasteiger partial charge in [0.15, 0.2) is 0 Å². The van der Waals surface area contributed by atoms with Gasteiger partial charge in [-0.3, -0.25) is 4.90 Å². The first-order chi connectivity index (χ1) is 15.6. The molecule has 2 aliphatic carbocycles. The van der Waals surface area contributed by atoms with E-state index in [0.717, 1.165) is 44.0 Å². The predicted octanol–water partition coefficient (Wildman–Crippen LogP) is 4.95. The van der Waals surface area contributed by atoms with Gasteiger partial charge in [0, 0.05) is 44.3 Å². The number of hydrogen-bond acceptors (Lipinski definition) is 6. The van der Waals surface area contributed by atoms with Crippen LogP contribution in [-0.2, 0) is 11.2 Å². The molecule has 1 aromatic carbocycles. The third kappa shape index (κ3) is 4.13. The van der Waals surface area contributed by atoms with E-state index in [1.54, 1.807) is 11.3 Å². The number of allylic oxidation sites excluding steroid dienone is 3. The Morgan fingerprint density at radius 1 is 1.28 bits per heavy atom. The van der Waals surface area contributed by atoms with E-state index in [-0.39, 0.29) is 12.0 Å². The van der Waals surface area contributed by atoms with Crippen molar-refractivity contribution in [3.8, 4) is 16.5 Å². The van der Waals surface area contributed by atoms with Crippen LogP contribution in [0.2, 0.25) is 0 Å². The molecule has 166 valence electrons. The molecule has 5 nitrogen and oxygen atoms in total. The van der Waals surface area contributed by atoms with Crippen LogP contribution in [0.4, 0.5) is 0 Å². The predicted molar refractivity (Wildman–Crippen MR) is 128 cm³/mol. The van der Waals surface area contributed by atoms with E-state index in [2.05, 4.69) is 34.5 Å². The molecular formula is C26H30N4OS. The van der Waals surface area contributed by atoms with Gasteiger partial charge in [0.2, 0.25) is 0 Å². The fourth-order valence-electron chi connectivity index (χ4n) is 5.15. The lowest BCUT2D eigenvalue weighted by molar-refractivity contribution is 0.153. The van der Waals surface area contributed by atoms with Crippen LogP contribution >= 0.6 is 11.3 Å². The summed E-state index contributed by atoms with van der Waals surface area (Å²) in [6.45, 7) is 8.40. The van der Waals surface area contributed by atoms with Crippen LogP contribution < -0.4 is 5.32 Å². The highest BCUT2D eigenvalue weighted by molar-refractivity contribution is 7.15. The Morgan fingerprint density at radius 3 is 2.91 bits per heavy atom. The van der Waals surface area contributed by atoms with Crippen molar-refractivity contribution in [2.24, 2.45) is 0 Å². The highest BCUT2D eigenvalue weighted by Crippen LogP contribution is 2.43. The molecule has 2 heterocycles. The molecule has 1 saturated heterocycles. The van der Waals surface area contributed by atoms with Crippen LogP contribution in [0, 0.1) is 11.3 Å². The maximum atomic E-state index is 9.60. The molecule has 1 aromatic heterocycles. The zero-order valence-electron chi connectivity index (χ0n) is 18.8. The maximum Gasteiger partial charge on any atom is 0.133 e. The van der Waals surface area contributed by atoms with Crippen molar-refractivity contribution >= 4 is 11.3 Å². The van der Waals surface area contributed by atoms with Crippen LogP contribution in [0.5, 0.6) is 0 Å². The fourth-order valence-corrected chi connectivity index (χ4v) is 6.20. The fraction of sp³-hybridized carbons (Fsp3) is 0.462. The summed E-state index contributed by atoms with van der Waals surface area (Å²) in [5.74, 6) is 0.837. The molecule has 0 spiro atoms. The SMILES string of the molecule is CC(C)OC1=CCC(c2ncc(-c3cccc4c3CCC4N3CCNCC3)s2)C=C1C#N. The second-order valence-corrected chi connectivity index (χ2v) is 10.1. The smallest absolute Gasteiger partial charge is 0.133 e. The van der Waals surface area contributed by atoms with Crippen LogP contribution in [-0.4, -0.2) is 42.2 Å². The summed E-state index contributed by atoms with van der Waals surface area (Å²) >= 11 is 1.76. The molecule has 1 aliphatic heterocycles. The molecule has 2 unspecified atom stereocenters. The van der Waals surface area contributed by atoms with Crippen LogP contribution in [0.3, 0.4) is 0 Å². The Labute approximate surface area is 194 Å². The molecule has 6 heteroatoms. The van der Waals surface area contributed by atoms with Crippen LogP contribution in [0.1, 0.15) is 54.8 Å². The molecule has 0 amide bonds. The van der Waals surface area contributed by atoms with Crippen molar-refractivity contribution in [3.63, 3.8) is 0 Å². The molecular weight excluding hydrogens is 416 g/mol. The van der Waals surface area contributed by atoms with Gasteiger partial charge in [0.1, 0.15) is 16.8 Å². The number of hydrogen-bond donors (Lipinski definition) is 1. The highest BCUT2D eigenvalue weighted by Gasteiger charge is 2.31. The summed E-state index contributed by atoms with van der Waals surface area (Å²) in [5.41, 5.74) is 4.95. The number of ether oxygens (including phenoxy) is 1. The highest BCUT2D eigenvalue weighted by atomic mass is 32.1. The lowest BCUT2D eigenvalue weighted by atomic mass is 9.96. The standard InChI is InChI=1S/C26H30N4OS/c1-17(2)31-24-9-6-18(14-19(24)15-27)26-29-16-25(32-26)22-5-3-4-21-20(22)7-8-23(21)30-12-10-28-11-13-30/h3-5,9,14,16-18,23,28H,6-8,10-13H2,1-2H3. The van der Waals surface area contributed by atoms with E-state index in [9.17, 15) is 5.26 Å². The number of piperazine rings is 1. The third-order valence-electron chi connectivity index (χ3n) is 6.61. The Balaban J connectivity index is 1.38. The molecule has 0 saturated carbocycles. The molecule has 0 bridgehead atoms. The van der Waals surface area contributed by atoms with Gasteiger partial charge in [-0.05, 0) is 55.9 Å². The van der Waals surface area contributed by atoms with Crippen molar-refractivity contribution < 1.29 is 4.74 Å². The topological polar surface area (TPSA) is 61.2 Å². The molecule has 0 radical (unpaired) electrons. The number of nitrogens with one attached hydrogen (secondary N) is 1. The summed E-state index contributed by atoms with van der Waals surface area (Å²) in [4.78, 5) is 8.66. The second-order valence-electron chi connectivity index (χ2n) is 9.05. The maximum absolute atomic E-state index is 9.60. The van der Waals surface area contributed by atoms with Gasteiger partial charge >= 0.3 is 0 Å². The Hall–Kier alpha value is -2.46. The largest absolute Gasteiger partial charge is 0.490 e. The minimum atomic E-state index is 0.0613. The van der Waals surface area contributed by atoms with E-state index < -0.39 is 0 Å². The minimum absolute atomic E-state index is 0.0613. The summed E-state index contributed by atoms with van der Waals surface area (Å²) in [6, 6.07) is 9.63. The van der Waals surface area contributed by atoms with Crippen molar-refractivity contribution in [2.45, 2.75) is 51.2 Å². The molecule has 1 N–H and O–H groups in total. The van der Waals surface area contributed by atoms with Gasteiger partial charge in [-0.15, -0.1) is 11.3 Å². The van der Waals surface area contributed by atoms with Gasteiger partial charge in [-0.1, -0.05) is 24.3 Å². The van der Waals surface area contributed by atoms with E-state index in [1.165, 1.54) is 28.0 Å². The van der Waals surface area contributed by atoms with Crippen molar-refractivity contribution in [3.05, 3.63) is 64.0 Å². The number of benzene rings is 1. The van der Waals surface area contributed by atoms with Crippen LogP contribution in [0.25, 0.3) is 10.4 Å². The first kappa shape index (κ1) is 21.4. The quantitative estimate of drug-likeness (QED) is 0.704. The number of aromatic nitrogens is 1. The minimum Gasteiger partial charge on any atom is -0.490 e. The number of thiazole rings is 1. The second kappa shape index (κ2) is 9.19. The summed E-state index contributed by atoms with van der Waals surface area (Å²) < 4.78 is 5.81. The molecule has 1 fully saturated rings. The monoisotopic (exact) mass is 446 g/mol. The molecule has 2 aromatic rings. The lowest BCUT2D eigenvalue weighted by Crippen LogP contribution is -2.44. The van der Waals surface area contributed by atoms with Crippen molar-refractivity contribution in [1.82, 2.24) is 15.2 Å². The average molecular weight is 447 g/mol. The van der Waals surface area contributed by atoms with Gasteiger partial charge in [0.25, 0.3) is 0 Å². The lowest BCUT2D eigenvalue weighted by Gasteiger charge is -2.33.